The van der Waals surface area contributed by atoms with E-state index in [0.29, 0.717) is 24.3 Å². The fraction of sp³-hybridized carbons (Fsp3) is 0.480. The van der Waals surface area contributed by atoms with E-state index >= 15 is 0 Å². The molecule has 0 heterocycles. The van der Waals surface area contributed by atoms with Gasteiger partial charge in [-0.15, -0.1) is 0 Å². The molecule has 1 atom stereocenters. The number of rotatable bonds is 13. The average Bonchev–Trinajstić information content (AvgIpc) is 2.71. The van der Waals surface area contributed by atoms with E-state index in [1.165, 1.54) is 18.4 Å². The largest absolute Gasteiger partial charge is 0.490 e. The number of ketones is 1. The Hall–Kier alpha value is -2.13. The first-order chi connectivity index (χ1) is 13.6. The van der Waals surface area contributed by atoms with E-state index in [0.717, 1.165) is 19.3 Å². The highest BCUT2D eigenvalue weighted by Crippen LogP contribution is 2.22. The second-order valence-corrected chi connectivity index (χ2v) is 7.52. The number of Topliss-reactive ketones (excluding diaryl/α,β-unsaturated/α-hetero) is 1. The van der Waals surface area contributed by atoms with Gasteiger partial charge in [0.2, 0.25) is 0 Å². The lowest BCUT2D eigenvalue weighted by atomic mass is 10.0. The van der Waals surface area contributed by atoms with Crippen LogP contribution in [0.3, 0.4) is 0 Å². The summed E-state index contributed by atoms with van der Waals surface area (Å²) in [5.74, 6) is 0.778. The third-order valence-electron chi connectivity index (χ3n) is 4.69. The first kappa shape index (κ1) is 22.2. The molecule has 0 aliphatic heterocycles. The van der Waals surface area contributed by atoms with Crippen LogP contribution in [0, 0.1) is 0 Å². The van der Waals surface area contributed by atoms with Crippen molar-refractivity contribution in [3.8, 4) is 5.75 Å². The summed E-state index contributed by atoms with van der Waals surface area (Å²) in [7, 11) is 0. The van der Waals surface area contributed by atoms with Crippen molar-refractivity contribution in [1.82, 2.24) is 0 Å². The molecule has 0 saturated heterocycles. The van der Waals surface area contributed by atoms with Crippen molar-refractivity contribution >= 4 is 5.78 Å². The van der Waals surface area contributed by atoms with Gasteiger partial charge in [0, 0.05) is 6.42 Å². The lowest BCUT2D eigenvalue weighted by Crippen LogP contribution is -2.25. The normalized spacial score (nSPS) is 12.1. The molecule has 2 aromatic rings. The molecule has 0 spiro atoms. The molecular weight excluding hydrogens is 348 g/mol. The summed E-state index contributed by atoms with van der Waals surface area (Å²) in [6.45, 7) is 6.78. The molecule has 0 aliphatic carbocycles. The molecular formula is C25H34O3. The predicted octanol–water partition coefficient (Wildman–Crippen LogP) is 6.25. The van der Waals surface area contributed by atoms with Crippen LogP contribution in [0.25, 0.3) is 0 Å². The van der Waals surface area contributed by atoms with E-state index < -0.39 is 0 Å². The summed E-state index contributed by atoms with van der Waals surface area (Å²) in [5.41, 5.74) is 1.84. The zero-order valence-corrected chi connectivity index (χ0v) is 17.5. The number of aryl methyl sites for hydroxylation is 1. The van der Waals surface area contributed by atoms with E-state index in [1.807, 2.05) is 56.3 Å². The second-order valence-electron chi connectivity index (χ2n) is 7.52. The Balaban J connectivity index is 1.96. The lowest BCUT2D eigenvalue weighted by molar-refractivity contribution is -0.0225. The number of benzene rings is 2. The number of carbonyl (C=O) groups excluding carboxylic acids is 1. The Morgan fingerprint density at radius 3 is 2.39 bits per heavy atom. The van der Waals surface area contributed by atoms with Gasteiger partial charge in [0.05, 0.1) is 17.8 Å². The molecule has 0 radical (unpaired) electrons. The summed E-state index contributed by atoms with van der Waals surface area (Å²) < 4.78 is 12.1. The van der Waals surface area contributed by atoms with Gasteiger partial charge in [-0.2, -0.15) is 0 Å². The van der Waals surface area contributed by atoms with E-state index in [4.69, 9.17) is 9.47 Å². The molecule has 0 aliphatic rings. The Labute approximate surface area is 170 Å². The third kappa shape index (κ3) is 7.85. The number of unbranched alkanes of at least 4 members (excludes halogenated alkanes) is 2. The molecule has 28 heavy (non-hydrogen) atoms. The van der Waals surface area contributed by atoms with E-state index in [1.54, 1.807) is 0 Å². The van der Waals surface area contributed by atoms with Gasteiger partial charge < -0.3 is 9.47 Å². The highest BCUT2D eigenvalue weighted by Gasteiger charge is 2.16. The minimum atomic E-state index is 0.0547. The number of hydrogen-bond acceptors (Lipinski definition) is 3. The van der Waals surface area contributed by atoms with Gasteiger partial charge in [0.15, 0.2) is 5.78 Å². The van der Waals surface area contributed by atoms with Gasteiger partial charge in [-0.1, -0.05) is 68.7 Å². The van der Waals surface area contributed by atoms with Crippen molar-refractivity contribution in [3.05, 3.63) is 65.7 Å². The molecule has 0 N–H and O–H groups in total. The molecule has 0 saturated carbocycles. The molecule has 0 fully saturated rings. The molecule has 2 aromatic carbocycles. The maximum atomic E-state index is 12.8. The van der Waals surface area contributed by atoms with Crippen LogP contribution in [-0.4, -0.2) is 24.6 Å². The van der Waals surface area contributed by atoms with Crippen LogP contribution in [0.15, 0.2) is 54.6 Å². The minimum absolute atomic E-state index is 0.0547. The van der Waals surface area contributed by atoms with Crippen LogP contribution >= 0.6 is 0 Å². The monoisotopic (exact) mass is 382 g/mol. The van der Waals surface area contributed by atoms with Crippen LogP contribution < -0.4 is 4.74 Å². The number of para-hydroxylation sites is 1. The van der Waals surface area contributed by atoms with E-state index in [9.17, 15) is 4.79 Å². The van der Waals surface area contributed by atoms with Crippen LogP contribution in [0.1, 0.15) is 68.8 Å². The van der Waals surface area contributed by atoms with Crippen LogP contribution in [-0.2, 0) is 11.2 Å². The molecule has 1 unspecified atom stereocenters. The first-order valence-corrected chi connectivity index (χ1v) is 10.5. The van der Waals surface area contributed by atoms with E-state index in [2.05, 4.69) is 19.1 Å². The van der Waals surface area contributed by atoms with Crippen molar-refractivity contribution in [2.24, 2.45) is 0 Å². The standard InChI is InChI=1S/C25H34O3/c1-4-5-7-14-22(28-20(2)3)19-27-25-16-11-10-15-23(25)24(26)18-17-21-12-8-6-9-13-21/h6,8-13,15-16,20,22H,4-5,7,14,17-19H2,1-3H3. The maximum absolute atomic E-state index is 12.8. The number of ether oxygens (including phenoxy) is 2. The fourth-order valence-electron chi connectivity index (χ4n) is 3.24. The van der Waals surface area contributed by atoms with Crippen LogP contribution in [0.2, 0.25) is 0 Å². The summed E-state index contributed by atoms with van der Waals surface area (Å²) in [5, 5.41) is 0. The van der Waals surface area contributed by atoms with Crippen molar-refractivity contribution < 1.29 is 14.3 Å². The Bertz CT molecular complexity index is 694. The number of carbonyl (C=O) groups is 1. The van der Waals surface area contributed by atoms with Crippen molar-refractivity contribution in [1.29, 1.82) is 0 Å². The van der Waals surface area contributed by atoms with Gasteiger partial charge >= 0.3 is 0 Å². The fourth-order valence-corrected chi connectivity index (χ4v) is 3.24. The zero-order chi connectivity index (χ0) is 20.2. The lowest BCUT2D eigenvalue weighted by Gasteiger charge is -2.21. The predicted molar refractivity (Wildman–Crippen MR) is 115 cm³/mol. The maximum Gasteiger partial charge on any atom is 0.166 e. The van der Waals surface area contributed by atoms with E-state index in [-0.39, 0.29) is 18.0 Å². The quantitative estimate of drug-likeness (QED) is 0.303. The Morgan fingerprint density at radius 2 is 1.68 bits per heavy atom. The van der Waals surface area contributed by atoms with Gasteiger partial charge in [0.25, 0.3) is 0 Å². The Kier molecular flexibility index (Phi) is 9.78. The van der Waals surface area contributed by atoms with Gasteiger partial charge in [0.1, 0.15) is 12.4 Å². The van der Waals surface area contributed by atoms with Crippen molar-refractivity contribution in [2.75, 3.05) is 6.61 Å². The molecule has 3 nitrogen and oxygen atoms in total. The third-order valence-corrected chi connectivity index (χ3v) is 4.69. The first-order valence-electron chi connectivity index (χ1n) is 10.5. The summed E-state index contributed by atoms with van der Waals surface area (Å²) in [6, 6.07) is 17.7. The summed E-state index contributed by atoms with van der Waals surface area (Å²) in [6.07, 6.45) is 5.94. The molecule has 152 valence electrons. The average molecular weight is 383 g/mol. The second kappa shape index (κ2) is 12.4. The molecule has 3 heteroatoms. The van der Waals surface area contributed by atoms with Crippen LogP contribution in [0.4, 0.5) is 0 Å². The summed E-state index contributed by atoms with van der Waals surface area (Å²) in [4.78, 5) is 12.8. The Morgan fingerprint density at radius 1 is 0.964 bits per heavy atom. The van der Waals surface area contributed by atoms with Gasteiger partial charge in [-0.05, 0) is 44.4 Å². The van der Waals surface area contributed by atoms with Crippen molar-refractivity contribution in [2.45, 2.75) is 71.5 Å². The zero-order valence-electron chi connectivity index (χ0n) is 17.5. The molecule has 0 amide bonds. The summed E-state index contributed by atoms with van der Waals surface area (Å²) >= 11 is 0. The topological polar surface area (TPSA) is 35.5 Å². The van der Waals surface area contributed by atoms with Gasteiger partial charge in [-0.3, -0.25) is 4.79 Å². The highest BCUT2D eigenvalue weighted by molar-refractivity contribution is 5.98. The highest BCUT2D eigenvalue weighted by atomic mass is 16.5. The number of hydrogen-bond donors (Lipinski definition) is 0. The molecule has 0 bridgehead atoms. The SMILES string of the molecule is CCCCCC(COc1ccccc1C(=O)CCc1ccccc1)OC(C)C. The van der Waals surface area contributed by atoms with Gasteiger partial charge in [-0.25, -0.2) is 0 Å². The molecule has 2 rings (SSSR count). The minimum Gasteiger partial charge on any atom is -0.490 e. The molecule has 0 aromatic heterocycles. The smallest absolute Gasteiger partial charge is 0.166 e. The van der Waals surface area contributed by atoms with Crippen LogP contribution in [0.5, 0.6) is 5.75 Å². The van der Waals surface area contributed by atoms with Crippen molar-refractivity contribution in [3.63, 3.8) is 0 Å².